The number of amides is 1. The second-order valence-corrected chi connectivity index (χ2v) is 10.7. The van der Waals surface area contributed by atoms with Gasteiger partial charge in [-0.25, -0.2) is 4.74 Å². The minimum Gasteiger partial charge on any atom is -0.481 e. The van der Waals surface area contributed by atoms with Crippen molar-refractivity contribution in [2.75, 3.05) is 6.54 Å². The number of ether oxygens (including phenoxy) is 2. The molecule has 0 unspecified atom stereocenters. The highest BCUT2D eigenvalue weighted by Gasteiger charge is 2.54. The molecule has 0 spiro atoms. The Morgan fingerprint density at radius 1 is 0.848 bits per heavy atom. The van der Waals surface area contributed by atoms with Gasteiger partial charge in [-0.15, -0.1) is 8.78 Å². The number of nitrogens with one attached hydrogen (secondary N) is 1. The predicted molar refractivity (Wildman–Crippen MR) is 158 cm³/mol. The zero-order valence-electron chi connectivity index (χ0n) is 24.2. The summed E-state index contributed by atoms with van der Waals surface area (Å²) in [5, 5.41) is 11.2. The van der Waals surface area contributed by atoms with Crippen LogP contribution in [0.15, 0.2) is 78.9 Å². The largest absolute Gasteiger partial charge is 0.540 e. The molecule has 1 aliphatic heterocycles. The van der Waals surface area contributed by atoms with Crippen LogP contribution in [-0.2, 0) is 15.6 Å². The smallest absolute Gasteiger partial charge is 0.481 e. The predicted octanol–water partition coefficient (Wildman–Crippen LogP) is 7.01. The Kier molecular flexibility index (Phi) is 9.19. The summed E-state index contributed by atoms with van der Waals surface area (Å²) in [7, 11) is 0. The third-order valence-corrected chi connectivity index (χ3v) is 7.46. The summed E-state index contributed by atoms with van der Waals surface area (Å²) in [5.74, 6) is -3.98. The number of carbonyl (C=O) groups excluding carboxylic acids is 3. The standard InChI is InChI=1S/C34H27F4NO7/c35-33(36)27-18-25(14-15-29(27)45-34(37,38)46-33)28(40)19-26(22-8-6-21(7-9-22)20-4-2-1-3-5-20)31(43)23-10-12-24(13-11-23)32(44)39-17-16-30(41)42/h4,6-15,18-19H,1-3,5,16-17H2,(H,39,44)(H,41,42)/b26-19-. The molecule has 46 heavy (non-hydrogen) atoms. The van der Waals surface area contributed by atoms with Crippen molar-refractivity contribution in [3.05, 3.63) is 112 Å². The fourth-order valence-electron chi connectivity index (χ4n) is 5.12. The normalized spacial score (nSPS) is 16.8. The van der Waals surface area contributed by atoms with E-state index in [9.17, 15) is 36.7 Å². The lowest BCUT2D eigenvalue weighted by atomic mass is 9.90. The molecule has 3 aromatic carbocycles. The number of Topliss-reactive ketones (excluding diaryl/α,β-unsaturated/α-hetero) is 1. The number of carboxylic acids is 1. The molecular formula is C34H27F4NO7. The van der Waals surface area contributed by atoms with Gasteiger partial charge in [-0.05, 0) is 78.8 Å². The van der Waals surface area contributed by atoms with Gasteiger partial charge in [0.05, 0.1) is 12.0 Å². The molecule has 238 valence electrons. The first-order chi connectivity index (χ1) is 21.8. The van der Waals surface area contributed by atoms with Crippen molar-refractivity contribution in [3.8, 4) is 5.75 Å². The van der Waals surface area contributed by atoms with E-state index in [4.69, 9.17) is 5.11 Å². The molecule has 5 rings (SSSR count). The highest BCUT2D eigenvalue weighted by atomic mass is 19.3. The van der Waals surface area contributed by atoms with Gasteiger partial charge in [-0.1, -0.05) is 42.5 Å². The molecule has 1 aliphatic carbocycles. The number of halogens is 4. The van der Waals surface area contributed by atoms with Crippen molar-refractivity contribution >= 4 is 34.6 Å². The maximum absolute atomic E-state index is 14.4. The summed E-state index contributed by atoms with van der Waals surface area (Å²) < 4.78 is 63.3. The molecule has 8 nitrogen and oxygen atoms in total. The van der Waals surface area contributed by atoms with Gasteiger partial charge in [0.1, 0.15) is 5.75 Å². The molecular weight excluding hydrogens is 610 g/mol. The molecule has 2 N–H and O–H groups in total. The summed E-state index contributed by atoms with van der Waals surface area (Å²) in [6.07, 6.45) is -2.17. The van der Waals surface area contributed by atoms with E-state index in [0.29, 0.717) is 11.6 Å². The average Bonchev–Trinajstić information content (AvgIpc) is 3.02. The fraction of sp³-hybridized carbons (Fsp3) is 0.235. The SMILES string of the molecule is O=C(O)CCNC(=O)c1ccc(C(=O)/C(=C\C(=O)c2ccc3c(c2)C(F)(F)OC(F)(F)O3)c2ccc(C3=CCCCC3)cc2)cc1. The van der Waals surface area contributed by atoms with Gasteiger partial charge in [-0.3, -0.25) is 19.2 Å². The molecule has 1 amide bonds. The van der Waals surface area contributed by atoms with Gasteiger partial charge in [0.15, 0.2) is 11.6 Å². The van der Waals surface area contributed by atoms with Crippen LogP contribution in [0.4, 0.5) is 17.6 Å². The summed E-state index contributed by atoms with van der Waals surface area (Å²) in [6.45, 7) is -0.0912. The summed E-state index contributed by atoms with van der Waals surface area (Å²) in [5.41, 5.74) is 1.23. The van der Waals surface area contributed by atoms with Gasteiger partial charge in [0.25, 0.3) is 5.91 Å². The van der Waals surface area contributed by atoms with Crippen LogP contribution in [0.5, 0.6) is 5.75 Å². The molecule has 0 aromatic heterocycles. The van der Waals surface area contributed by atoms with Gasteiger partial charge >= 0.3 is 18.4 Å². The quantitative estimate of drug-likeness (QED) is 0.140. The minimum atomic E-state index is -4.57. The lowest BCUT2D eigenvalue weighted by Gasteiger charge is -2.30. The maximum atomic E-state index is 14.4. The monoisotopic (exact) mass is 637 g/mol. The number of fused-ring (bicyclic) bond motifs is 1. The van der Waals surface area contributed by atoms with Gasteiger partial charge < -0.3 is 15.2 Å². The number of carbonyl (C=O) groups is 4. The van der Waals surface area contributed by atoms with E-state index in [1.165, 1.54) is 24.3 Å². The summed E-state index contributed by atoms with van der Waals surface area (Å²) in [4.78, 5) is 50.2. The molecule has 0 fully saturated rings. The second-order valence-electron chi connectivity index (χ2n) is 10.7. The number of aliphatic carboxylic acids is 1. The number of rotatable bonds is 10. The summed E-state index contributed by atoms with van der Waals surface area (Å²) in [6, 6.07) is 14.9. The Morgan fingerprint density at radius 2 is 1.50 bits per heavy atom. The fourth-order valence-corrected chi connectivity index (χ4v) is 5.12. The lowest BCUT2D eigenvalue weighted by Crippen LogP contribution is -2.41. The van der Waals surface area contributed by atoms with Gasteiger partial charge in [0, 0.05) is 28.8 Å². The number of ketones is 2. The van der Waals surface area contributed by atoms with E-state index in [1.54, 1.807) is 12.1 Å². The van der Waals surface area contributed by atoms with Crippen molar-refractivity contribution in [2.45, 2.75) is 44.5 Å². The van der Waals surface area contributed by atoms with Crippen molar-refractivity contribution in [3.63, 3.8) is 0 Å². The molecule has 0 bridgehead atoms. The van der Waals surface area contributed by atoms with Crippen molar-refractivity contribution in [1.82, 2.24) is 5.32 Å². The number of carboxylic acid groups (broad SMARTS) is 1. The first-order valence-corrected chi connectivity index (χ1v) is 14.3. The molecule has 0 saturated carbocycles. The molecule has 0 radical (unpaired) electrons. The van der Waals surface area contributed by atoms with E-state index in [-0.39, 0.29) is 35.2 Å². The van der Waals surface area contributed by atoms with Crippen LogP contribution in [0.25, 0.3) is 11.1 Å². The van der Waals surface area contributed by atoms with E-state index in [1.807, 2.05) is 12.1 Å². The second kappa shape index (κ2) is 13.1. The Labute approximate surface area is 260 Å². The highest BCUT2D eigenvalue weighted by Crippen LogP contribution is 2.46. The Balaban J connectivity index is 1.47. The zero-order valence-corrected chi connectivity index (χ0v) is 24.2. The molecule has 2 aliphatic rings. The Morgan fingerprint density at radius 3 is 2.15 bits per heavy atom. The van der Waals surface area contributed by atoms with Crippen LogP contribution in [0.1, 0.15) is 79.9 Å². The number of allylic oxidation sites excluding steroid dienone is 4. The van der Waals surface area contributed by atoms with E-state index in [0.717, 1.165) is 55.0 Å². The molecule has 0 atom stereocenters. The number of benzene rings is 3. The number of hydrogen-bond donors (Lipinski definition) is 2. The molecule has 1 heterocycles. The van der Waals surface area contributed by atoms with Crippen LogP contribution in [0.3, 0.4) is 0 Å². The highest BCUT2D eigenvalue weighted by molar-refractivity contribution is 6.32. The minimum absolute atomic E-state index is 0.0867. The average molecular weight is 638 g/mol. The van der Waals surface area contributed by atoms with E-state index < -0.39 is 47.2 Å². The summed E-state index contributed by atoms with van der Waals surface area (Å²) >= 11 is 0. The third-order valence-electron chi connectivity index (χ3n) is 7.46. The van der Waals surface area contributed by atoms with Crippen molar-refractivity contribution < 1.29 is 51.3 Å². The van der Waals surface area contributed by atoms with Crippen LogP contribution >= 0.6 is 0 Å². The van der Waals surface area contributed by atoms with Crippen LogP contribution in [0.2, 0.25) is 0 Å². The van der Waals surface area contributed by atoms with E-state index in [2.05, 4.69) is 20.9 Å². The van der Waals surface area contributed by atoms with Gasteiger partial charge in [-0.2, -0.15) is 8.78 Å². The molecule has 3 aromatic rings. The topological polar surface area (TPSA) is 119 Å². The zero-order chi connectivity index (χ0) is 33.1. The first-order valence-electron chi connectivity index (χ1n) is 14.3. The third kappa shape index (κ3) is 7.40. The maximum Gasteiger partial charge on any atom is 0.540 e. The Hall–Kier alpha value is -5.10. The lowest BCUT2D eigenvalue weighted by molar-refractivity contribution is -0.461. The van der Waals surface area contributed by atoms with Crippen LogP contribution in [0, 0.1) is 0 Å². The number of alkyl halides is 4. The van der Waals surface area contributed by atoms with Gasteiger partial charge in [0.2, 0.25) is 0 Å². The molecule has 0 saturated heterocycles. The number of hydrogen-bond acceptors (Lipinski definition) is 6. The van der Waals surface area contributed by atoms with E-state index >= 15 is 0 Å². The Bertz CT molecular complexity index is 1750. The molecule has 12 heteroatoms. The van der Waals surface area contributed by atoms with Crippen LogP contribution < -0.4 is 10.1 Å². The van der Waals surface area contributed by atoms with Crippen LogP contribution in [-0.4, -0.2) is 41.4 Å². The first kappa shape index (κ1) is 32.3. The van der Waals surface area contributed by atoms with Crippen molar-refractivity contribution in [2.24, 2.45) is 0 Å². The van der Waals surface area contributed by atoms with Crippen molar-refractivity contribution in [1.29, 1.82) is 0 Å².